The molecule has 7 nitrogen and oxygen atoms in total. The minimum atomic E-state index is 0.192. The lowest BCUT2D eigenvalue weighted by Gasteiger charge is -2.30. The van der Waals surface area contributed by atoms with E-state index in [1.807, 2.05) is 23.1 Å². The molecule has 32 heavy (non-hydrogen) atoms. The summed E-state index contributed by atoms with van der Waals surface area (Å²) in [5.41, 5.74) is 2.36. The number of unbranched alkanes of at least 4 members (excludes halogenated alkanes) is 3. The first kappa shape index (κ1) is 25.6. The molecule has 0 unspecified atom stereocenters. The molecule has 1 aromatic carbocycles. The molecule has 0 aromatic heterocycles. The molecule has 7 heteroatoms. The van der Waals surface area contributed by atoms with Crippen LogP contribution < -0.4 is 14.8 Å². The Hall–Kier alpha value is -2.70. The molecule has 0 radical (unpaired) electrons. The number of benzene rings is 1. The molecular formula is C25H40N4O3. The number of nitrogens with zero attached hydrogens (tertiary/aromatic N) is 3. The van der Waals surface area contributed by atoms with Crippen LogP contribution in [0.1, 0.15) is 49.7 Å². The number of aliphatic imine (C=N–C) groups is 1. The van der Waals surface area contributed by atoms with Crippen LogP contribution in [0, 0.1) is 0 Å². The van der Waals surface area contributed by atoms with E-state index >= 15 is 0 Å². The summed E-state index contributed by atoms with van der Waals surface area (Å²) in [6.45, 7) is 6.83. The van der Waals surface area contributed by atoms with Gasteiger partial charge in [-0.15, -0.1) is 6.58 Å². The molecule has 0 saturated heterocycles. The Balaban J connectivity index is 1.74. The maximum Gasteiger partial charge on any atom is 0.222 e. The highest BCUT2D eigenvalue weighted by Gasteiger charge is 2.22. The fourth-order valence-electron chi connectivity index (χ4n) is 4.00. The van der Waals surface area contributed by atoms with Gasteiger partial charge in [0.05, 0.1) is 14.2 Å². The van der Waals surface area contributed by atoms with E-state index in [-0.39, 0.29) is 5.91 Å². The topological polar surface area (TPSA) is 66.4 Å². The Bertz CT molecular complexity index is 779. The summed E-state index contributed by atoms with van der Waals surface area (Å²) in [6.07, 6.45) is 8.71. The van der Waals surface area contributed by atoms with Crippen molar-refractivity contribution in [2.75, 3.05) is 47.9 Å². The van der Waals surface area contributed by atoms with Crippen LogP contribution in [0.3, 0.4) is 0 Å². The molecule has 1 aromatic rings. The van der Waals surface area contributed by atoms with Gasteiger partial charge >= 0.3 is 0 Å². The van der Waals surface area contributed by atoms with Crippen molar-refractivity contribution in [3.63, 3.8) is 0 Å². The number of nitrogens with one attached hydrogen (secondary N) is 1. The van der Waals surface area contributed by atoms with Crippen LogP contribution in [0.2, 0.25) is 0 Å². The Morgan fingerprint density at radius 1 is 1.19 bits per heavy atom. The van der Waals surface area contributed by atoms with Crippen molar-refractivity contribution in [3.8, 4) is 11.5 Å². The van der Waals surface area contributed by atoms with Gasteiger partial charge in [0.15, 0.2) is 17.5 Å². The quantitative estimate of drug-likeness (QED) is 0.231. The Kier molecular flexibility index (Phi) is 10.9. The van der Waals surface area contributed by atoms with E-state index in [2.05, 4.69) is 28.8 Å². The number of hydrogen-bond donors (Lipinski definition) is 1. The summed E-state index contributed by atoms with van der Waals surface area (Å²) in [4.78, 5) is 21.2. The molecule has 1 aliphatic rings. The van der Waals surface area contributed by atoms with Gasteiger partial charge in [-0.05, 0) is 55.4 Å². The third-order valence-corrected chi connectivity index (χ3v) is 5.90. The molecular weight excluding hydrogens is 404 g/mol. The van der Waals surface area contributed by atoms with Gasteiger partial charge in [0.25, 0.3) is 0 Å². The van der Waals surface area contributed by atoms with Crippen LogP contribution in [0.5, 0.6) is 11.5 Å². The molecule has 1 N–H and O–H groups in total. The Morgan fingerprint density at radius 2 is 1.91 bits per heavy atom. The lowest BCUT2D eigenvalue weighted by atomic mass is 9.98. The van der Waals surface area contributed by atoms with Crippen molar-refractivity contribution in [1.82, 2.24) is 15.1 Å². The van der Waals surface area contributed by atoms with E-state index in [4.69, 9.17) is 9.47 Å². The van der Waals surface area contributed by atoms with E-state index in [1.165, 1.54) is 18.4 Å². The number of carbonyl (C=O) groups excluding carboxylic acids is 1. The molecule has 0 saturated carbocycles. The van der Waals surface area contributed by atoms with Crippen molar-refractivity contribution < 1.29 is 14.3 Å². The van der Waals surface area contributed by atoms with Crippen molar-refractivity contribution in [2.24, 2.45) is 4.99 Å². The van der Waals surface area contributed by atoms with Gasteiger partial charge in [0.2, 0.25) is 5.91 Å². The van der Waals surface area contributed by atoms with Crippen LogP contribution >= 0.6 is 0 Å². The first-order chi connectivity index (χ1) is 15.5. The van der Waals surface area contributed by atoms with E-state index in [0.29, 0.717) is 18.7 Å². The average Bonchev–Trinajstić information content (AvgIpc) is 2.82. The van der Waals surface area contributed by atoms with Crippen LogP contribution in [-0.2, 0) is 17.8 Å². The fourth-order valence-corrected chi connectivity index (χ4v) is 4.00. The van der Waals surface area contributed by atoms with E-state index in [1.54, 1.807) is 21.3 Å². The first-order valence-electron chi connectivity index (χ1n) is 11.6. The largest absolute Gasteiger partial charge is 0.493 e. The second-order valence-electron chi connectivity index (χ2n) is 8.18. The minimum Gasteiger partial charge on any atom is -0.493 e. The summed E-state index contributed by atoms with van der Waals surface area (Å²) in [7, 11) is 7.14. The first-order valence-corrected chi connectivity index (χ1v) is 11.6. The van der Waals surface area contributed by atoms with Gasteiger partial charge in [-0.2, -0.15) is 0 Å². The van der Waals surface area contributed by atoms with Crippen LogP contribution in [-0.4, -0.2) is 69.6 Å². The molecule has 0 fully saturated rings. The standard InChI is InChI=1S/C25H40N4O3/c1-6-7-8-9-10-15-28(3)25(26-2)27-14-11-12-24(30)29-16-13-20-17-22(31-4)23(32-5)18-21(20)19-29/h6,17-18H,1,7-16,19H2,2-5H3,(H,26,27). The molecule has 0 bridgehead atoms. The number of guanidine groups is 1. The van der Waals surface area contributed by atoms with Gasteiger partial charge < -0.3 is 24.6 Å². The Labute approximate surface area is 193 Å². The zero-order valence-corrected chi connectivity index (χ0v) is 20.3. The highest BCUT2D eigenvalue weighted by molar-refractivity contribution is 5.80. The third-order valence-electron chi connectivity index (χ3n) is 5.90. The molecule has 1 heterocycles. The maximum atomic E-state index is 12.8. The summed E-state index contributed by atoms with van der Waals surface area (Å²) >= 11 is 0. The molecule has 0 spiro atoms. The number of rotatable bonds is 12. The number of methoxy groups -OCH3 is 2. The summed E-state index contributed by atoms with van der Waals surface area (Å²) in [5, 5.41) is 3.38. The minimum absolute atomic E-state index is 0.192. The van der Waals surface area contributed by atoms with Gasteiger partial charge in [-0.25, -0.2) is 0 Å². The van der Waals surface area contributed by atoms with Crippen LogP contribution in [0.15, 0.2) is 29.8 Å². The summed E-state index contributed by atoms with van der Waals surface area (Å²) in [6, 6.07) is 4.02. The zero-order valence-electron chi connectivity index (χ0n) is 20.3. The number of hydrogen-bond acceptors (Lipinski definition) is 4. The second kappa shape index (κ2) is 13.7. The molecule has 178 valence electrons. The van der Waals surface area contributed by atoms with Crippen LogP contribution in [0.25, 0.3) is 0 Å². The van der Waals surface area contributed by atoms with Crippen molar-refractivity contribution in [2.45, 2.75) is 51.5 Å². The summed E-state index contributed by atoms with van der Waals surface area (Å²) < 4.78 is 10.8. The zero-order chi connectivity index (χ0) is 23.3. The van der Waals surface area contributed by atoms with Gasteiger partial charge in [0.1, 0.15) is 0 Å². The molecule has 1 amide bonds. The molecule has 0 atom stereocenters. The van der Waals surface area contributed by atoms with E-state index in [9.17, 15) is 4.79 Å². The highest BCUT2D eigenvalue weighted by Crippen LogP contribution is 2.33. The fraction of sp³-hybridized carbons (Fsp3) is 0.600. The van der Waals surface area contributed by atoms with Gasteiger partial charge in [0, 0.05) is 46.7 Å². The Morgan fingerprint density at radius 3 is 2.56 bits per heavy atom. The van der Waals surface area contributed by atoms with Crippen molar-refractivity contribution in [1.29, 1.82) is 0 Å². The predicted molar refractivity (Wildman–Crippen MR) is 131 cm³/mol. The smallest absolute Gasteiger partial charge is 0.222 e. The number of allylic oxidation sites excluding steroid dienone is 1. The van der Waals surface area contributed by atoms with Crippen molar-refractivity contribution in [3.05, 3.63) is 35.9 Å². The number of amides is 1. The monoisotopic (exact) mass is 444 g/mol. The number of carbonyl (C=O) groups is 1. The number of ether oxygens (including phenoxy) is 2. The third kappa shape index (κ3) is 7.46. The molecule has 0 aliphatic carbocycles. The summed E-state index contributed by atoms with van der Waals surface area (Å²) in [5.74, 6) is 2.53. The predicted octanol–water partition coefficient (Wildman–Crippen LogP) is 3.62. The normalized spacial score (nSPS) is 13.4. The lowest BCUT2D eigenvalue weighted by molar-refractivity contribution is -0.132. The molecule has 2 rings (SSSR count). The molecule has 1 aliphatic heterocycles. The van der Waals surface area contributed by atoms with Gasteiger partial charge in [-0.1, -0.05) is 12.5 Å². The SMILES string of the molecule is C=CCCCCCN(C)C(=NC)NCCCC(=O)N1CCc2cc(OC)c(OC)cc2C1. The highest BCUT2D eigenvalue weighted by atomic mass is 16.5. The maximum absolute atomic E-state index is 12.8. The van der Waals surface area contributed by atoms with Gasteiger partial charge in [-0.3, -0.25) is 9.79 Å². The lowest BCUT2D eigenvalue weighted by Crippen LogP contribution is -2.40. The second-order valence-corrected chi connectivity index (χ2v) is 8.18. The number of fused-ring (bicyclic) bond motifs is 1. The average molecular weight is 445 g/mol. The van der Waals surface area contributed by atoms with E-state index in [0.717, 1.165) is 62.6 Å². The van der Waals surface area contributed by atoms with E-state index < -0.39 is 0 Å². The van der Waals surface area contributed by atoms with Crippen LogP contribution in [0.4, 0.5) is 0 Å². The van der Waals surface area contributed by atoms with Crippen molar-refractivity contribution >= 4 is 11.9 Å².